The number of nitrogens with one attached hydrogen (secondary N) is 1. The van der Waals surface area contributed by atoms with Crippen LogP contribution in [-0.4, -0.2) is 14.2 Å². The van der Waals surface area contributed by atoms with Gasteiger partial charge in [-0.05, 0) is 37.3 Å². The molecule has 0 bridgehead atoms. The summed E-state index contributed by atoms with van der Waals surface area (Å²) in [6, 6.07) is 11.1. The van der Waals surface area contributed by atoms with E-state index in [1.807, 2.05) is 31.2 Å². The molecule has 1 unspecified atom stereocenters. The van der Waals surface area contributed by atoms with Crippen molar-refractivity contribution < 1.29 is 9.47 Å². The van der Waals surface area contributed by atoms with E-state index in [1.54, 1.807) is 26.4 Å². The minimum Gasteiger partial charge on any atom is -0.497 e. The molecule has 0 saturated heterocycles. The van der Waals surface area contributed by atoms with Crippen molar-refractivity contribution in [3.05, 3.63) is 52.0 Å². The van der Waals surface area contributed by atoms with Crippen molar-refractivity contribution in [2.75, 3.05) is 19.5 Å². The topological polar surface area (TPSA) is 30.5 Å². The van der Waals surface area contributed by atoms with Crippen molar-refractivity contribution in [3.8, 4) is 11.5 Å². The Kier molecular flexibility index (Phi) is 5.21. The smallest absolute Gasteiger partial charge is 0.127 e. The van der Waals surface area contributed by atoms with E-state index in [2.05, 4.69) is 5.32 Å². The van der Waals surface area contributed by atoms with E-state index >= 15 is 0 Å². The van der Waals surface area contributed by atoms with Gasteiger partial charge in [0, 0.05) is 16.7 Å². The highest BCUT2D eigenvalue weighted by Gasteiger charge is 2.13. The summed E-state index contributed by atoms with van der Waals surface area (Å²) < 4.78 is 10.6. The molecule has 2 rings (SSSR count). The van der Waals surface area contributed by atoms with E-state index < -0.39 is 0 Å². The lowest BCUT2D eigenvalue weighted by Gasteiger charge is -2.19. The van der Waals surface area contributed by atoms with Crippen LogP contribution >= 0.6 is 23.2 Å². The maximum absolute atomic E-state index is 6.18. The molecular formula is C16H17Cl2NO2. The number of hydrogen-bond acceptors (Lipinski definition) is 3. The maximum Gasteiger partial charge on any atom is 0.127 e. The summed E-state index contributed by atoms with van der Waals surface area (Å²) in [6.07, 6.45) is 0. The molecular weight excluding hydrogens is 309 g/mol. The summed E-state index contributed by atoms with van der Waals surface area (Å²) in [6.45, 7) is 2.04. The van der Waals surface area contributed by atoms with Crippen molar-refractivity contribution in [2.24, 2.45) is 0 Å². The van der Waals surface area contributed by atoms with Crippen LogP contribution in [0.3, 0.4) is 0 Å². The summed E-state index contributed by atoms with van der Waals surface area (Å²) in [5.74, 6) is 1.52. The van der Waals surface area contributed by atoms with Gasteiger partial charge in [0.05, 0.1) is 31.0 Å². The first-order valence-corrected chi connectivity index (χ1v) is 7.24. The second-order valence-electron chi connectivity index (χ2n) is 4.60. The van der Waals surface area contributed by atoms with Gasteiger partial charge in [-0.1, -0.05) is 23.2 Å². The predicted molar refractivity (Wildman–Crippen MR) is 88.0 cm³/mol. The number of anilines is 1. The van der Waals surface area contributed by atoms with Crippen LogP contribution in [0.2, 0.25) is 10.0 Å². The molecule has 0 heterocycles. The van der Waals surface area contributed by atoms with Gasteiger partial charge in [-0.25, -0.2) is 0 Å². The first-order valence-electron chi connectivity index (χ1n) is 6.48. The van der Waals surface area contributed by atoms with Gasteiger partial charge in [0.25, 0.3) is 0 Å². The summed E-state index contributed by atoms with van der Waals surface area (Å²) in [7, 11) is 3.27. The van der Waals surface area contributed by atoms with Crippen LogP contribution in [0, 0.1) is 0 Å². The van der Waals surface area contributed by atoms with Crippen LogP contribution in [0.25, 0.3) is 0 Å². The number of rotatable bonds is 5. The fourth-order valence-electron chi connectivity index (χ4n) is 2.09. The fourth-order valence-corrected chi connectivity index (χ4v) is 2.56. The molecule has 21 heavy (non-hydrogen) atoms. The Bertz CT molecular complexity index is 632. The summed E-state index contributed by atoms with van der Waals surface area (Å²) in [5, 5.41) is 4.55. The van der Waals surface area contributed by atoms with E-state index in [0.29, 0.717) is 10.0 Å². The number of hydrogen-bond donors (Lipinski definition) is 1. The van der Waals surface area contributed by atoms with Crippen molar-refractivity contribution >= 4 is 28.9 Å². The minimum absolute atomic E-state index is 0.0181. The summed E-state index contributed by atoms with van der Waals surface area (Å²) in [4.78, 5) is 0. The highest BCUT2D eigenvalue weighted by atomic mass is 35.5. The Morgan fingerprint density at radius 1 is 1.00 bits per heavy atom. The number of ether oxygens (including phenoxy) is 2. The molecule has 0 aliphatic heterocycles. The average molecular weight is 326 g/mol. The largest absolute Gasteiger partial charge is 0.497 e. The molecule has 1 N–H and O–H groups in total. The Labute approximate surface area is 134 Å². The first-order chi connectivity index (χ1) is 10.0. The zero-order valence-electron chi connectivity index (χ0n) is 12.1. The van der Waals surface area contributed by atoms with Crippen molar-refractivity contribution in [1.29, 1.82) is 0 Å². The van der Waals surface area contributed by atoms with E-state index in [4.69, 9.17) is 32.7 Å². The molecule has 2 aromatic carbocycles. The lowest BCUT2D eigenvalue weighted by Crippen LogP contribution is -2.08. The summed E-state index contributed by atoms with van der Waals surface area (Å²) in [5.41, 5.74) is 1.84. The van der Waals surface area contributed by atoms with Crippen molar-refractivity contribution in [2.45, 2.75) is 13.0 Å². The van der Waals surface area contributed by atoms with Crippen LogP contribution in [0.15, 0.2) is 36.4 Å². The molecule has 0 aliphatic rings. The van der Waals surface area contributed by atoms with Crippen LogP contribution < -0.4 is 14.8 Å². The quantitative estimate of drug-likeness (QED) is 0.821. The van der Waals surface area contributed by atoms with E-state index in [9.17, 15) is 0 Å². The SMILES string of the molecule is COc1ccc(C(C)Nc2ccc(Cl)cc2Cl)c(OC)c1. The van der Waals surface area contributed by atoms with Gasteiger partial charge < -0.3 is 14.8 Å². The molecule has 0 radical (unpaired) electrons. The molecule has 0 aliphatic carbocycles. The summed E-state index contributed by atoms with van der Waals surface area (Å²) >= 11 is 12.1. The third kappa shape index (κ3) is 3.74. The lowest BCUT2D eigenvalue weighted by atomic mass is 10.1. The monoisotopic (exact) mass is 325 g/mol. The fraction of sp³-hybridized carbons (Fsp3) is 0.250. The van der Waals surface area contributed by atoms with Crippen molar-refractivity contribution in [3.63, 3.8) is 0 Å². The molecule has 0 aromatic heterocycles. The van der Waals surface area contributed by atoms with Gasteiger partial charge in [-0.3, -0.25) is 0 Å². The van der Waals surface area contributed by atoms with E-state index in [-0.39, 0.29) is 6.04 Å². The second-order valence-corrected chi connectivity index (χ2v) is 5.44. The number of benzene rings is 2. The van der Waals surface area contributed by atoms with Gasteiger partial charge in [0.2, 0.25) is 0 Å². The minimum atomic E-state index is 0.0181. The highest BCUT2D eigenvalue weighted by Crippen LogP contribution is 2.33. The molecule has 1 atom stereocenters. The number of methoxy groups -OCH3 is 2. The Balaban J connectivity index is 2.25. The van der Waals surface area contributed by atoms with E-state index in [0.717, 1.165) is 22.7 Å². The molecule has 0 spiro atoms. The molecule has 0 saturated carbocycles. The van der Waals surface area contributed by atoms with Gasteiger partial charge in [-0.2, -0.15) is 0 Å². The first kappa shape index (κ1) is 15.8. The number of halogens is 2. The molecule has 112 valence electrons. The van der Waals surface area contributed by atoms with Crippen LogP contribution in [-0.2, 0) is 0 Å². The normalized spacial score (nSPS) is 11.9. The van der Waals surface area contributed by atoms with Crippen molar-refractivity contribution in [1.82, 2.24) is 0 Å². The zero-order chi connectivity index (χ0) is 15.4. The van der Waals surface area contributed by atoms with E-state index in [1.165, 1.54) is 0 Å². The third-order valence-electron chi connectivity index (χ3n) is 3.21. The van der Waals surface area contributed by atoms with Gasteiger partial charge >= 0.3 is 0 Å². The lowest BCUT2D eigenvalue weighted by molar-refractivity contribution is 0.390. The standard InChI is InChI=1S/C16H17Cl2NO2/c1-10(19-15-7-4-11(17)8-14(15)18)13-6-5-12(20-2)9-16(13)21-3/h4-10,19H,1-3H3. The molecule has 5 heteroatoms. The second kappa shape index (κ2) is 6.92. The third-order valence-corrected chi connectivity index (χ3v) is 3.76. The highest BCUT2D eigenvalue weighted by molar-refractivity contribution is 6.36. The Morgan fingerprint density at radius 2 is 1.76 bits per heavy atom. The average Bonchev–Trinajstić information content (AvgIpc) is 2.49. The van der Waals surface area contributed by atoms with Crippen LogP contribution in [0.1, 0.15) is 18.5 Å². The zero-order valence-corrected chi connectivity index (χ0v) is 13.6. The predicted octanol–water partition coefficient (Wildman–Crippen LogP) is 5.18. The molecule has 2 aromatic rings. The Morgan fingerprint density at radius 3 is 2.38 bits per heavy atom. The molecule has 3 nitrogen and oxygen atoms in total. The van der Waals surface area contributed by atoms with Crippen LogP contribution in [0.5, 0.6) is 11.5 Å². The van der Waals surface area contributed by atoms with Gasteiger partial charge in [-0.15, -0.1) is 0 Å². The maximum atomic E-state index is 6.18. The van der Waals surface area contributed by atoms with Crippen LogP contribution in [0.4, 0.5) is 5.69 Å². The molecule has 0 fully saturated rings. The Hall–Kier alpha value is -1.58. The van der Waals surface area contributed by atoms with Gasteiger partial charge in [0.1, 0.15) is 11.5 Å². The molecule has 0 amide bonds. The van der Waals surface area contributed by atoms with Gasteiger partial charge in [0.15, 0.2) is 0 Å².